The second-order valence-corrected chi connectivity index (χ2v) is 9.99. The van der Waals surface area contributed by atoms with Crippen LogP contribution < -0.4 is 10.1 Å². The molecule has 0 aliphatic heterocycles. The summed E-state index contributed by atoms with van der Waals surface area (Å²) in [4.78, 5) is 14.0. The minimum atomic E-state index is -0.389. The number of anilines is 1. The summed E-state index contributed by atoms with van der Waals surface area (Å²) >= 11 is 1.51. The lowest BCUT2D eigenvalue weighted by atomic mass is 9.72. The number of nitriles is 1. The third-order valence-electron chi connectivity index (χ3n) is 5.93. The van der Waals surface area contributed by atoms with E-state index in [0.717, 1.165) is 30.4 Å². The molecule has 0 saturated carbocycles. The topological polar surface area (TPSA) is 88.1 Å². The quantitative estimate of drug-likeness (QED) is 0.569. The van der Waals surface area contributed by atoms with E-state index in [9.17, 15) is 10.1 Å². The molecule has 31 heavy (non-hydrogen) atoms. The van der Waals surface area contributed by atoms with Crippen LogP contribution in [0.25, 0.3) is 11.3 Å². The number of hydrogen-bond acceptors (Lipinski definition) is 6. The zero-order valence-corrected chi connectivity index (χ0v) is 18.9. The van der Waals surface area contributed by atoms with Gasteiger partial charge < -0.3 is 14.6 Å². The number of fused-ring (bicyclic) bond motifs is 1. The van der Waals surface area contributed by atoms with Crippen molar-refractivity contribution in [1.82, 2.24) is 5.16 Å². The molecule has 0 bridgehead atoms. The van der Waals surface area contributed by atoms with Crippen LogP contribution in [0.15, 0.2) is 34.9 Å². The van der Waals surface area contributed by atoms with E-state index < -0.39 is 0 Å². The zero-order chi connectivity index (χ0) is 22.2. The summed E-state index contributed by atoms with van der Waals surface area (Å²) in [6.07, 6.45) is 2.87. The third-order valence-corrected chi connectivity index (χ3v) is 7.10. The van der Waals surface area contributed by atoms with Crippen LogP contribution in [-0.2, 0) is 12.8 Å². The number of hydrogen-bond donors (Lipinski definition) is 1. The van der Waals surface area contributed by atoms with Crippen LogP contribution in [0.1, 0.15) is 53.7 Å². The van der Waals surface area contributed by atoms with E-state index in [2.05, 4.69) is 37.3 Å². The fraction of sp³-hybridized carbons (Fsp3) is 0.375. The predicted octanol–water partition coefficient (Wildman–Crippen LogP) is 5.69. The van der Waals surface area contributed by atoms with Gasteiger partial charge in [0.2, 0.25) is 0 Å². The molecule has 2 aromatic heterocycles. The van der Waals surface area contributed by atoms with E-state index in [4.69, 9.17) is 9.26 Å². The minimum Gasteiger partial charge on any atom is -0.497 e. The lowest BCUT2D eigenvalue weighted by molar-refractivity contribution is 0.101. The maximum absolute atomic E-state index is 12.8. The predicted molar refractivity (Wildman–Crippen MR) is 120 cm³/mol. The Labute approximate surface area is 185 Å². The molecule has 0 saturated heterocycles. The van der Waals surface area contributed by atoms with E-state index in [1.807, 2.05) is 24.3 Å². The van der Waals surface area contributed by atoms with Gasteiger partial charge in [-0.3, -0.25) is 4.79 Å². The number of carbonyl (C=O) groups excluding carboxylic acids is 1. The maximum Gasteiger partial charge on any atom is 0.278 e. The van der Waals surface area contributed by atoms with Crippen LogP contribution in [-0.4, -0.2) is 18.2 Å². The Kier molecular flexibility index (Phi) is 5.59. The number of aromatic nitrogens is 1. The summed E-state index contributed by atoms with van der Waals surface area (Å²) in [6, 6.07) is 11.2. The molecule has 0 spiro atoms. The molecule has 1 aromatic carbocycles. The molecule has 0 radical (unpaired) electrons. The highest BCUT2D eigenvalue weighted by Gasteiger charge is 2.32. The SMILES string of the molecule is COc1cccc(-c2cc(C(=O)Nc3sc4c(c3C#N)CCC(C(C)(C)C)C4)no2)c1. The minimum absolute atomic E-state index is 0.167. The number of nitrogens with zero attached hydrogens (tertiary/aromatic N) is 2. The van der Waals surface area contributed by atoms with Crippen molar-refractivity contribution >= 4 is 22.2 Å². The summed E-state index contributed by atoms with van der Waals surface area (Å²) in [7, 11) is 1.59. The molecular formula is C24H25N3O3S. The summed E-state index contributed by atoms with van der Waals surface area (Å²) in [6.45, 7) is 6.78. The fourth-order valence-corrected chi connectivity index (χ4v) is 5.27. The van der Waals surface area contributed by atoms with Crippen LogP contribution in [0, 0.1) is 22.7 Å². The Morgan fingerprint density at radius 2 is 2.16 bits per heavy atom. The van der Waals surface area contributed by atoms with Crippen molar-refractivity contribution in [2.75, 3.05) is 12.4 Å². The summed E-state index contributed by atoms with van der Waals surface area (Å²) in [5, 5.41) is 17.1. The van der Waals surface area contributed by atoms with Gasteiger partial charge in [-0.25, -0.2) is 0 Å². The van der Waals surface area contributed by atoms with Gasteiger partial charge >= 0.3 is 0 Å². The first-order valence-electron chi connectivity index (χ1n) is 10.3. The lowest BCUT2D eigenvalue weighted by Gasteiger charge is -2.33. The first-order chi connectivity index (χ1) is 14.8. The second kappa shape index (κ2) is 8.20. The van der Waals surface area contributed by atoms with E-state index >= 15 is 0 Å². The highest BCUT2D eigenvalue weighted by atomic mass is 32.1. The molecule has 1 N–H and O–H groups in total. The normalized spacial score (nSPS) is 15.8. The molecule has 7 heteroatoms. The molecule has 1 unspecified atom stereocenters. The maximum atomic E-state index is 12.8. The van der Waals surface area contributed by atoms with Gasteiger partial charge in [-0.2, -0.15) is 5.26 Å². The lowest BCUT2D eigenvalue weighted by Crippen LogP contribution is -2.26. The molecule has 3 aromatic rings. The van der Waals surface area contributed by atoms with Crippen LogP contribution in [0.4, 0.5) is 5.00 Å². The molecule has 1 aliphatic carbocycles. The first kappa shape index (κ1) is 21.1. The fourth-order valence-electron chi connectivity index (χ4n) is 3.99. The Hall–Kier alpha value is -3.11. The van der Waals surface area contributed by atoms with Crippen LogP contribution >= 0.6 is 11.3 Å². The summed E-state index contributed by atoms with van der Waals surface area (Å²) < 4.78 is 10.6. The van der Waals surface area contributed by atoms with E-state index in [1.54, 1.807) is 13.2 Å². The second-order valence-electron chi connectivity index (χ2n) is 8.89. The average Bonchev–Trinajstić information content (AvgIpc) is 3.37. The van der Waals surface area contributed by atoms with Gasteiger partial charge in [0.05, 0.1) is 12.7 Å². The van der Waals surface area contributed by atoms with Gasteiger partial charge in [-0.05, 0) is 48.3 Å². The van der Waals surface area contributed by atoms with Gasteiger partial charge in [0.1, 0.15) is 16.8 Å². The van der Waals surface area contributed by atoms with Crippen LogP contribution in [0.2, 0.25) is 0 Å². The number of rotatable bonds is 4. The zero-order valence-electron chi connectivity index (χ0n) is 18.1. The Morgan fingerprint density at radius 1 is 1.35 bits per heavy atom. The van der Waals surface area contributed by atoms with Crippen molar-refractivity contribution in [2.45, 2.75) is 40.0 Å². The summed E-state index contributed by atoms with van der Waals surface area (Å²) in [5.74, 6) is 1.34. The van der Waals surface area contributed by atoms with Gasteiger partial charge in [-0.15, -0.1) is 11.3 Å². The standard InChI is InChI=1S/C24H25N3O3S/c1-24(2,3)15-8-9-17-18(13-25)23(31-21(17)11-15)26-22(28)19-12-20(30-27-19)14-6-5-7-16(10-14)29-4/h5-7,10,12,15H,8-9,11H2,1-4H3,(H,26,28). The Balaban J connectivity index is 1.55. The largest absolute Gasteiger partial charge is 0.497 e. The van der Waals surface area contributed by atoms with Crippen molar-refractivity contribution in [3.05, 3.63) is 52.0 Å². The molecule has 160 valence electrons. The number of nitrogens with one attached hydrogen (secondary N) is 1. The first-order valence-corrected chi connectivity index (χ1v) is 11.1. The number of thiophene rings is 1. The molecular weight excluding hydrogens is 410 g/mol. The number of benzene rings is 1. The molecule has 1 aliphatic rings. The van der Waals surface area contributed by atoms with Gasteiger partial charge in [0, 0.05) is 16.5 Å². The van der Waals surface area contributed by atoms with Crippen molar-refractivity contribution in [3.63, 3.8) is 0 Å². The number of ether oxygens (including phenoxy) is 1. The van der Waals surface area contributed by atoms with Crippen molar-refractivity contribution < 1.29 is 14.1 Å². The average molecular weight is 436 g/mol. The molecule has 4 rings (SSSR count). The smallest absolute Gasteiger partial charge is 0.278 e. The third kappa shape index (κ3) is 4.21. The van der Waals surface area contributed by atoms with E-state index in [-0.39, 0.29) is 17.0 Å². The van der Waals surface area contributed by atoms with Crippen molar-refractivity contribution in [3.8, 4) is 23.1 Å². The number of carbonyl (C=O) groups is 1. The van der Waals surface area contributed by atoms with Crippen molar-refractivity contribution in [2.24, 2.45) is 11.3 Å². The molecule has 2 heterocycles. The monoisotopic (exact) mass is 435 g/mol. The molecule has 0 fully saturated rings. The van der Waals surface area contributed by atoms with Gasteiger partial charge in [0.25, 0.3) is 5.91 Å². The van der Waals surface area contributed by atoms with Crippen molar-refractivity contribution in [1.29, 1.82) is 5.26 Å². The van der Waals surface area contributed by atoms with E-state index in [0.29, 0.717) is 28.0 Å². The summed E-state index contributed by atoms with van der Waals surface area (Å²) in [5.41, 5.74) is 2.82. The Bertz CT molecular complexity index is 1160. The van der Waals surface area contributed by atoms with Gasteiger partial charge in [-0.1, -0.05) is 38.1 Å². The molecule has 1 atom stereocenters. The van der Waals surface area contributed by atoms with Crippen LogP contribution in [0.5, 0.6) is 5.75 Å². The van der Waals surface area contributed by atoms with Crippen LogP contribution in [0.3, 0.4) is 0 Å². The number of methoxy groups -OCH3 is 1. The van der Waals surface area contributed by atoms with Gasteiger partial charge in [0.15, 0.2) is 11.5 Å². The molecule has 1 amide bonds. The molecule has 6 nitrogen and oxygen atoms in total. The highest BCUT2D eigenvalue weighted by Crippen LogP contribution is 2.44. The highest BCUT2D eigenvalue weighted by molar-refractivity contribution is 7.16. The Morgan fingerprint density at radius 3 is 2.87 bits per heavy atom. The van der Waals surface area contributed by atoms with E-state index in [1.165, 1.54) is 16.2 Å². The number of amides is 1.